The zero-order chi connectivity index (χ0) is 17.9. The number of thioether (sulfide) groups is 1. The van der Waals surface area contributed by atoms with Gasteiger partial charge in [-0.05, 0) is 29.8 Å². The average Bonchev–Trinajstić information content (AvgIpc) is 3.28. The van der Waals surface area contributed by atoms with E-state index in [2.05, 4.69) is 15.3 Å². The highest BCUT2D eigenvalue weighted by molar-refractivity contribution is 7.98. The van der Waals surface area contributed by atoms with Gasteiger partial charge >= 0.3 is 0 Å². The number of halogens is 1. The van der Waals surface area contributed by atoms with E-state index >= 15 is 0 Å². The first-order valence-corrected chi connectivity index (χ1v) is 9.17. The Balaban J connectivity index is 1.51. The molecule has 0 fully saturated rings. The molecule has 8 heteroatoms. The molecule has 2 N–H and O–H groups in total. The first kappa shape index (κ1) is 16.7. The molecule has 4 aromatic rings. The third kappa shape index (κ3) is 3.44. The van der Waals surface area contributed by atoms with Crippen LogP contribution in [0.2, 0.25) is 5.02 Å². The quantitative estimate of drug-likeness (QED) is 0.512. The lowest BCUT2D eigenvalue weighted by Gasteiger charge is -2.03. The summed E-state index contributed by atoms with van der Waals surface area (Å²) in [6.45, 7) is 0. The summed E-state index contributed by atoms with van der Waals surface area (Å²) in [7, 11) is 0. The summed E-state index contributed by atoms with van der Waals surface area (Å²) in [5.41, 5.74) is 8.81. The van der Waals surface area contributed by atoms with Crippen molar-refractivity contribution in [2.24, 2.45) is 0 Å². The van der Waals surface area contributed by atoms with Gasteiger partial charge in [0, 0.05) is 10.8 Å². The Morgan fingerprint density at radius 2 is 1.81 bits per heavy atom. The third-order valence-electron chi connectivity index (χ3n) is 3.72. The zero-order valence-corrected chi connectivity index (χ0v) is 15.1. The van der Waals surface area contributed by atoms with Gasteiger partial charge in [-0.25, -0.2) is 4.68 Å². The van der Waals surface area contributed by atoms with Gasteiger partial charge in [-0.3, -0.25) is 0 Å². The van der Waals surface area contributed by atoms with Crippen molar-refractivity contribution >= 4 is 29.2 Å². The van der Waals surface area contributed by atoms with E-state index in [1.54, 1.807) is 10.9 Å². The molecule has 2 aromatic carbocycles. The molecule has 0 bridgehead atoms. The predicted molar refractivity (Wildman–Crippen MR) is 102 cm³/mol. The van der Waals surface area contributed by atoms with Gasteiger partial charge in [-0.1, -0.05) is 53.7 Å². The lowest BCUT2D eigenvalue weighted by atomic mass is 10.2. The van der Waals surface area contributed by atoms with E-state index in [4.69, 9.17) is 21.8 Å². The van der Waals surface area contributed by atoms with Gasteiger partial charge in [0.25, 0.3) is 11.1 Å². The third-order valence-corrected chi connectivity index (χ3v) is 4.86. The molecule has 26 heavy (non-hydrogen) atoms. The van der Waals surface area contributed by atoms with Gasteiger partial charge in [0.15, 0.2) is 0 Å². The highest BCUT2D eigenvalue weighted by Gasteiger charge is 2.17. The Kier molecular flexibility index (Phi) is 4.64. The minimum atomic E-state index is 0.350. The van der Waals surface area contributed by atoms with E-state index in [9.17, 15) is 0 Å². The van der Waals surface area contributed by atoms with Crippen LogP contribution in [0.15, 0.2) is 70.4 Å². The lowest BCUT2D eigenvalue weighted by molar-refractivity contribution is 0.466. The van der Waals surface area contributed by atoms with Gasteiger partial charge in [-0.2, -0.15) is 5.10 Å². The summed E-state index contributed by atoms with van der Waals surface area (Å²) in [5.74, 6) is 1.51. The maximum absolute atomic E-state index is 6.21. The number of nitrogens with zero attached hydrogens (tertiary/aromatic N) is 4. The zero-order valence-electron chi connectivity index (χ0n) is 13.5. The molecule has 0 aliphatic rings. The van der Waals surface area contributed by atoms with Crippen LogP contribution < -0.4 is 5.73 Å². The standard InChI is InChI=1S/C18H14ClN5OS/c19-13-8-6-12(7-9-13)11-26-18-23-22-17(25-18)15-10-21-24(16(15)20)14-4-2-1-3-5-14/h1-10H,11,20H2. The molecule has 2 aromatic heterocycles. The van der Waals surface area contributed by atoms with Crippen molar-refractivity contribution in [1.29, 1.82) is 0 Å². The van der Waals surface area contributed by atoms with Crippen LogP contribution in [0.25, 0.3) is 17.1 Å². The largest absolute Gasteiger partial charge is 0.411 e. The molecule has 2 heterocycles. The van der Waals surface area contributed by atoms with Crippen molar-refractivity contribution in [3.05, 3.63) is 71.4 Å². The highest BCUT2D eigenvalue weighted by Crippen LogP contribution is 2.30. The normalized spacial score (nSPS) is 11.0. The Morgan fingerprint density at radius 1 is 1.04 bits per heavy atom. The van der Waals surface area contributed by atoms with E-state index in [1.807, 2.05) is 54.6 Å². The van der Waals surface area contributed by atoms with E-state index in [-0.39, 0.29) is 0 Å². The van der Waals surface area contributed by atoms with Crippen molar-refractivity contribution < 1.29 is 4.42 Å². The summed E-state index contributed by atoms with van der Waals surface area (Å²) < 4.78 is 7.37. The molecule has 0 unspecified atom stereocenters. The number of hydrogen-bond acceptors (Lipinski definition) is 6. The van der Waals surface area contributed by atoms with Gasteiger partial charge in [0.2, 0.25) is 0 Å². The minimum absolute atomic E-state index is 0.350. The fourth-order valence-electron chi connectivity index (χ4n) is 2.40. The second kappa shape index (κ2) is 7.23. The summed E-state index contributed by atoms with van der Waals surface area (Å²) >= 11 is 7.35. The number of aromatic nitrogens is 4. The van der Waals surface area contributed by atoms with Crippen LogP contribution >= 0.6 is 23.4 Å². The van der Waals surface area contributed by atoms with Crippen molar-refractivity contribution in [3.8, 4) is 17.1 Å². The maximum Gasteiger partial charge on any atom is 0.277 e. The Bertz CT molecular complexity index is 1010. The molecule has 0 saturated carbocycles. The number of benzene rings is 2. The fraction of sp³-hybridized carbons (Fsp3) is 0.0556. The van der Waals surface area contributed by atoms with Crippen molar-refractivity contribution in [1.82, 2.24) is 20.0 Å². The Hall–Kier alpha value is -2.77. The molecule has 0 atom stereocenters. The number of rotatable bonds is 5. The predicted octanol–water partition coefficient (Wildman–Crippen LogP) is 4.45. The number of para-hydroxylation sites is 1. The van der Waals surface area contributed by atoms with Crippen LogP contribution in [0.1, 0.15) is 5.56 Å². The lowest BCUT2D eigenvalue weighted by Crippen LogP contribution is -2.01. The minimum Gasteiger partial charge on any atom is -0.411 e. The SMILES string of the molecule is Nc1c(-c2nnc(SCc3ccc(Cl)cc3)o2)cnn1-c1ccccc1. The van der Waals surface area contributed by atoms with E-state index in [1.165, 1.54) is 11.8 Å². The number of nitrogens with two attached hydrogens (primary N) is 1. The first-order chi connectivity index (χ1) is 12.7. The molecule has 0 radical (unpaired) electrons. The second-order valence-corrected chi connectivity index (χ2v) is 6.84. The van der Waals surface area contributed by atoms with E-state index in [0.29, 0.717) is 33.3 Å². The Labute approximate surface area is 159 Å². The first-order valence-electron chi connectivity index (χ1n) is 7.81. The molecule has 0 saturated heterocycles. The fourth-order valence-corrected chi connectivity index (χ4v) is 3.25. The molecule has 0 amide bonds. The maximum atomic E-state index is 6.21. The van der Waals surface area contributed by atoms with Crippen molar-refractivity contribution in [2.75, 3.05) is 5.73 Å². The smallest absolute Gasteiger partial charge is 0.277 e. The summed E-state index contributed by atoms with van der Waals surface area (Å²) in [4.78, 5) is 0. The summed E-state index contributed by atoms with van der Waals surface area (Å²) in [6.07, 6.45) is 1.63. The molecule has 0 aliphatic heterocycles. The average molecular weight is 384 g/mol. The Morgan fingerprint density at radius 3 is 2.58 bits per heavy atom. The van der Waals surface area contributed by atoms with E-state index < -0.39 is 0 Å². The molecule has 0 aliphatic carbocycles. The van der Waals surface area contributed by atoms with E-state index in [0.717, 1.165) is 11.3 Å². The highest BCUT2D eigenvalue weighted by atomic mass is 35.5. The van der Waals surface area contributed by atoms with Crippen molar-refractivity contribution in [3.63, 3.8) is 0 Å². The van der Waals surface area contributed by atoms with Crippen LogP contribution in [0, 0.1) is 0 Å². The molecule has 4 rings (SSSR count). The van der Waals surface area contributed by atoms with Crippen LogP contribution in [0.3, 0.4) is 0 Å². The number of hydrogen-bond donors (Lipinski definition) is 1. The summed E-state index contributed by atoms with van der Waals surface area (Å²) in [6, 6.07) is 17.3. The molecule has 130 valence electrons. The molecule has 6 nitrogen and oxygen atoms in total. The van der Waals surface area contributed by atoms with Crippen LogP contribution in [-0.4, -0.2) is 20.0 Å². The van der Waals surface area contributed by atoms with Crippen molar-refractivity contribution in [2.45, 2.75) is 11.0 Å². The van der Waals surface area contributed by atoms with Gasteiger partial charge in [-0.15, -0.1) is 10.2 Å². The molecular weight excluding hydrogens is 370 g/mol. The second-order valence-electron chi connectivity index (χ2n) is 5.48. The van der Waals surface area contributed by atoms with Crippen LogP contribution in [0.5, 0.6) is 0 Å². The summed E-state index contributed by atoms with van der Waals surface area (Å²) in [5, 5.41) is 13.7. The molecular formula is C18H14ClN5OS. The van der Waals surface area contributed by atoms with Gasteiger partial charge < -0.3 is 10.2 Å². The van der Waals surface area contributed by atoms with Gasteiger partial charge in [0.1, 0.15) is 11.4 Å². The number of nitrogen functional groups attached to an aromatic ring is 1. The van der Waals surface area contributed by atoms with Gasteiger partial charge in [0.05, 0.1) is 11.9 Å². The molecule has 0 spiro atoms. The van der Waals surface area contributed by atoms with Crippen LogP contribution in [-0.2, 0) is 5.75 Å². The monoisotopic (exact) mass is 383 g/mol. The topological polar surface area (TPSA) is 82.8 Å². The number of anilines is 1. The van der Waals surface area contributed by atoms with Crippen LogP contribution in [0.4, 0.5) is 5.82 Å².